The van der Waals surface area contributed by atoms with Crippen molar-refractivity contribution in [2.24, 2.45) is 11.3 Å². The summed E-state index contributed by atoms with van der Waals surface area (Å²) in [6.45, 7) is 10.7. The Morgan fingerprint density at radius 3 is 1.78 bits per heavy atom. The number of hydrogen-bond donors (Lipinski definition) is 0. The van der Waals surface area contributed by atoms with Crippen LogP contribution in [0, 0.1) is 11.3 Å². The number of carbonyl (C=O) groups is 2. The van der Waals surface area contributed by atoms with Gasteiger partial charge in [0.15, 0.2) is 0 Å². The zero-order valence-electron chi connectivity index (χ0n) is 10.6. The second kappa shape index (κ2) is 5.75. The molecule has 1 rings (SSSR count). The van der Waals surface area contributed by atoms with Crippen molar-refractivity contribution >= 4 is 11.6 Å². The molecule has 0 radical (unpaired) electrons. The summed E-state index contributed by atoms with van der Waals surface area (Å²) in [7, 11) is 0. The summed E-state index contributed by atoms with van der Waals surface area (Å²) in [5.74, 6) is -0.582. The fraction of sp³-hybridized carbons (Fsp3) is 0.333. The summed E-state index contributed by atoms with van der Waals surface area (Å²) in [6, 6.07) is 0. The van der Waals surface area contributed by atoms with Crippen LogP contribution in [0.15, 0.2) is 48.6 Å². The molecule has 0 amide bonds. The summed E-state index contributed by atoms with van der Waals surface area (Å²) in [6.07, 6.45) is 7.51. The van der Waals surface area contributed by atoms with Gasteiger partial charge in [0.1, 0.15) is 0 Å². The van der Waals surface area contributed by atoms with Crippen molar-refractivity contribution in [3.8, 4) is 0 Å². The van der Waals surface area contributed by atoms with E-state index in [1.807, 2.05) is 24.3 Å². The van der Waals surface area contributed by atoms with Crippen molar-refractivity contribution in [1.82, 2.24) is 0 Å². The average Bonchev–Trinajstić information content (AvgIpc) is 2.84. The van der Waals surface area contributed by atoms with Gasteiger partial charge >= 0.3 is 120 Å². The van der Waals surface area contributed by atoms with Crippen LogP contribution in [0.2, 0.25) is 4.81 Å². The van der Waals surface area contributed by atoms with Crippen molar-refractivity contribution in [2.75, 3.05) is 0 Å². The molecule has 0 bridgehead atoms. The summed E-state index contributed by atoms with van der Waals surface area (Å²) in [5, 5.41) is 0. The molecule has 3 heteroatoms. The van der Waals surface area contributed by atoms with E-state index in [9.17, 15) is 9.59 Å². The Morgan fingerprint density at radius 1 is 1.11 bits per heavy atom. The molecule has 99 valence electrons. The predicted molar refractivity (Wildman–Crippen MR) is 68.7 cm³/mol. The first-order chi connectivity index (χ1) is 8.37. The Hall–Kier alpha value is -1.01. The van der Waals surface area contributed by atoms with Gasteiger partial charge in [0.25, 0.3) is 0 Å². The topological polar surface area (TPSA) is 34.1 Å². The third-order valence-electron chi connectivity index (χ3n) is 3.08. The molecule has 0 atom stereocenters. The standard InChI is InChI=1S/C15H17O2.Pt/c1-10(2)13(16)15(5,14(17)11(3)4)12-8-6-7-9-12;/h6-9,12H,1,3,5H2,2,4H3;. The van der Waals surface area contributed by atoms with Gasteiger partial charge in [0.05, 0.1) is 0 Å². The Kier molecular flexibility index (Phi) is 4.81. The molecular weight excluding hydrogens is 407 g/mol. The zero-order chi connectivity index (χ0) is 13.9. The van der Waals surface area contributed by atoms with Crippen molar-refractivity contribution < 1.29 is 29.4 Å². The minimum atomic E-state index is -1.08. The van der Waals surface area contributed by atoms with E-state index >= 15 is 0 Å². The molecule has 0 fully saturated rings. The van der Waals surface area contributed by atoms with Gasteiger partial charge in [-0.2, -0.15) is 0 Å². The normalized spacial score (nSPS) is 14.9. The van der Waals surface area contributed by atoms with Crippen LogP contribution in [0.1, 0.15) is 13.8 Å². The molecule has 1 aliphatic rings. The molecule has 0 saturated heterocycles. The van der Waals surface area contributed by atoms with E-state index in [1.54, 1.807) is 13.8 Å². The fourth-order valence-corrected chi connectivity index (χ4v) is 3.37. The van der Waals surface area contributed by atoms with Crippen LogP contribution in [0.5, 0.6) is 0 Å². The van der Waals surface area contributed by atoms with Crippen LogP contribution in [-0.4, -0.2) is 11.6 Å². The first kappa shape index (κ1) is 15.0. The van der Waals surface area contributed by atoms with Gasteiger partial charge in [-0.15, -0.1) is 0 Å². The number of carbonyl (C=O) groups excluding carboxylic acids is 2. The zero-order valence-corrected chi connectivity index (χ0v) is 12.9. The van der Waals surface area contributed by atoms with Crippen molar-refractivity contribution in [1.29, 1.82) is 0 Å². The Labute approximate surface area is 119 Å². The molecule has 18 heavy (non-hydrogen) atoms. The first-order valence-corrected chi connectivity index (χ1v) is 7.25. The first-order valence-electron chi connectivity index (χ1n) is 5.65. The van der Waals surface area contributed by atoms with Crippen LogP contribution < -0.4 is 0 Å². The van der Waals surface area contributed by atoms with Crippen molar-refractivity contribution in [3.63, 3.8) is 0 Å². The summed E-state index contributed by atoms with van der Waals surface area (Å²) in [4.78, 5) is 25.4. The van der Waals surface area contributed by atoms with Gasteiger partial charge in [-0.1, -0.05) is 0 Å². The van der Waals surface area contributed by atoms with E-state index in [0.717, 1.165) is 0 Å². The molecule has 0 N–H and O–H groups in total. The van der Waals surface area contributed by atoms with E-state index in [4.69, 9.17) is 0 Å². The SMILES string of the molecule is C=C(C)C(=O)C([CH2][Pt])(C(=O)C(=C)C)C1C=CC=C1. The molecule has 0 aromatic carbocycles. The molecule has 0 unspecified atom stereocenters. The second-order valence-corrected chi connectivity index (χ2v) is 5.40. The maximum atomic E-state index is 12.5. The van der Waals surface area contributed by atoms with E-state index in [0.29, 0.717) is 16.0 Å². The molecule has 2 nitrogen and oxygen atoms in total. The van der Waals surface area contributed by atoms with Crippen LogP contribution in [0.25, 0.3) is 0 Å². The molecule has 0 spiro atoms. The minimum absolute atomic E-state index is 0.188. The van der Waals surface area contributed by atoms with Gasteiger partial charge in [0.2, 0.25) is 0 Å². The fourth-order valence-electron chi connectivity index (χ4n) is 2.10. The van der Waals surface area contributed by atoms with Gasteiger partial charge in [-0.25, -0.2) is 0 Å². The molecule has 0 saturated carbocycles. The Balaban J connectivity index is 3.38. The molecular formula is C15H17O2Pt. The molecule has 0 aliphatic heterocycles. The average molecular weight is 424 g/mol. The van der Waals surface area contributed by atoms with Crippen molar-refractivity contribution in [3.05, 3.63) is 48.6 Å². The van der Waals surface area contributed by atoms with Gasteiger partial charge in [-0.3, -0.25) is 0 Å². The number of hydrogen-bond acceptors (Lipinski definition) is 2. The predicted octanol–water partition coefficient (Wildman–Crippen LogP) is 2.97. The van der Waals surface area contributed by atoms with E-state index in [2.05, 4.69) is 33.0 Å². The quantitative estimate of drug-likeness (QED) is 0.486. The van der Waals surface area contributed by atoms with Crippen molar-refractivity contribution in [2.45, 2.75) is 18.7 Å². The summed E-state index contributed by atoms with van der Waals surface area (Å²) >= 11 is 2.08. The maximum absolute atomic E-state index is 12.5. The monoisotopic (exact) mass is 424 g/mol. The number of Topliss-reactive ketones (excluding diaryl/α,β-unsaturated/α-hetero) is 2. The Bertz CT molecular complexity index is 431. The van der Waals surface area contributed by atoms with Crippen LogP contribution >= 0.6 is 0 Å². The number of rotatable bonds is 6. The molecule has 0 aromatic rings. The summed E-state index contributed by atoms with van der Waals surface area (Å²) < 4.78 is 0. The van der Waals surface area contributed by atoms with Crippen LogP contribution in [0.3, 0.4) is 0 Å². The van der Waals surface area contributed by atoms with Gasteiger partial charge in [-0.05, 0) is 0 Å². The van der Waals surface area contributed by atoms with E-state index in [1.165, 1.54) is 0 Å². The van der Waals surface area contributed by atoms with Gasteiger partial charge in [0, 0.05) is 0 Å². The third-order valence-corrected chi connectivity index (χ3v) is 4.35. The van der Waals surface area contributed by atoms with Crippen LogP contribution in [-0.2, 0) is 29.4 Å². The van der Waals surface area contributed by atoms with Crippen LogP contribution in [0.4, 0.5) is 0 Å². The van der Waals surface area contributed by atoms with E-state index in [-0.39, 0.29) is 17.5 Å². The molecule has 1 aliphatic carbocycles. The number of allylic oxidation sites excluding steroid dienone is 6. The summed E-state index contributed by atoms with van der Waals surface area (Å²) in [5.41, 5.74) is -0.256. The number of ketones is 2. The van der Waals surface area contributed by atoms with E-state index < -0.39 is 5.41 Å². The van der Waals surface area contributed by atoms with Gasteiger partial charge < -0.3 is 0 Å². The second-order valence-electron chi connectivity index (χ2n) is 4.60. The molecule has 0 aromatic heterocycles. The Morgan fingerprint density at radius 2 is 1.50 bits per heavy atom. The molecule has 0 heterocycles. The third kappa shape index (κ3) is 2.40.